The van der Waals surface area contributed by atoms with Crippen molar-refractivity contribution in [2.24, 2.45) is 11.8 Å². The quantitative estimate of drug-likeness (QED) is 0.863. The van der Waals surface area contributed by atoms with Crippen molar-refractivity contribution in [3.05, 3.63) is 39.8 Å². The molecule has 102 valence electrons. The van der Waals surface area contributed by atoms with Crippen molar-refractivity contribution in [3.63, 3.8) is 0 Å². The summed E-state index contributed by atoms with van der Waals surface area (Å²) in [5.41, 5.74) is 3.05. The first-order valence-electron chi connectivity index (χ1n) is 7.24. The molecule has 4 heteroatoms. The zero-order valence-corrected chi connectivity index (χ0v) is 11.7. The molecule has 2 atom stereocenters. The number of nitrogens with zero attached hydrogens (tertiary/aromatic N) is 2. The van der Waals surface area contributed by atoms with Crippen LogP contribution in [0, 0.1) is 11.8 Å². The number of aromatic nitrogens is 2. The molecule has 20 heavy (non-hydrogen) atoms. The minimum absolute atomic E-state index is 0.222. The van der Waals surface area contributed by atoms with Gasteiger partial charge < -0.3 is 5.32 Å². The lowest BCUT2D eigenvalue weighted by Gasteiger charge is -2.30. The Morgan fingerprint density at radius 2 is 2.15 bits per heavy atom. The van der Waals surface area contributed by atoms with Gasteiger partial charge in [0.25, 0.3) is 5.56 Å². The van der Waals surface area contributed by atoms with Crippen molar-refractivity contribution in [3.8, 4) is 0 Å². The molecule has 0 saturated heterocycles. The highest BCUT2D eigenvalue weighted by Crippen LogP contribution is 2.46. The van der Waals surface area contributed by atoms with Gasteiger partial charge in [-0.15, -0.1) is 5.10 Å². The maximum atomic E-state index is 12.1. The molecule has 4 rings (SSSR count). The molecule has 0 radical (unpaired) electrons. The lowest BCUT2D eigenvalue weighted by molar-refractivity contribution is 0.320. The average molecular weight is 267 g/mol. The van der Waals surface area contributed by atoms with Crippen molar-refractivity contribution in [2.75, 3.05) is 5.32 Å². The molecular weight excluding hydrogens is 250 g/mol. The highest BCUT2D eigenvalue weighted by molar-refractivity contribution is 5.99. The molecule has 2 aliphatic rings. The first-order chi connectivity index (χ1) is 9.65. The molecule has 4 nitrogen and oxygen atoms in total. The van der Waals surface area contributed by atoms with Crippen LogP contribution in [0.15, 0.2) is 23.0 Å². The minimum atomic E-state index is -0.222. The normalized spacial score (nSPS) is 23.1. The third-order valence-corrected chi connectivity index (χ3v) is 4.75. The Bertz CT molecular complexity index is 769. The number of hydrogen-bond acceptors (Lipinski definition) is 4. The van der Waals surface area contributed by atoms with Crippen molar-refractivity contribution in [2.45, 2.75) is 32.7 Å². The van der Waals surface area contributed by atoms with Gasteiger partial charge in [-0.3, -0.25) is 4.79 Å². The first kappa shape index (κ1) is 11.8. The van der Waals surface area contributed by atoms with Crippen LogP contribution < -0.4 is 10.9 Å². The smallest absolute Gasteiger partial charge is 0.296 e. The van der Waals surface area contributed by atoms with E-state index < -0.39 is 0 Å². The summed E-state index contributed by atoms with van der Waals surface area (Å²) in [4.78, 5) is 12.1. The summed E-state index contributed by atoms with van der Waals surface area (Å²) in [5, 5.41) is 13.5. The van der Waals surface area contributed by atoms with Gasteiger partial charge in [-0.05, 0) is 36.8 Å². The van der Waals surface area contributed by atoms with Gasteiger partial charge in [0.15, 0.2) is 0 Å². The Hall–Kier alpha value is -1.97. The summed E-state index contributed by atoms with van der Waals surface area (Å²) >= 11 is 0. The molecule has 2 heterocycles. The fourth-order valence-electron chi connectivity index (χ4n) is 3.60. The zero-order chi connectivity index (χ0) is 13.9. The highest BCUT2D eigenvalue weighted by Gasteiger charge is 2.35. The third-order valence-electron chi connectivity index (χ3n) is 4.75. The van der Waals surface area contributed by atoms with E-state index >= 15 is 0 Å². The monoisotopic (exact) mass is 267 g/mol. The second-order valence-corrected chi connectivity index (χ2v) is 6.23. The van der Waals surface area contributed by atoms with Gasteiger partial charge in [-0.1, -0.05) is 19.9 Å². The number of anilines is 1. The van der Waals surface area contributed by atoms with Crippen molar-refractivity contribution >= 4 is 16.5 Å². The van der Waals surface area contributed by atoms with E-state index in [0.29, 0.717) is 17.2 Å². The Kier molecular flexibility index (Phi) is 2.37. The van der Waals surface area contributed by atoms with Crippen molar-refractivity contribution in [1.29, 1.82) is 0 Å². The second kappa shape index (κ2) is 4.01. The summed E-state index contributed by atoms with van der Waals surface area (Å²) in [5.74, 6) is 1.21. The molecule has 0 spiro atoms. The second-order valence-electron chi connectivity index (χ2n) is 6.23. The Labute approximate surface area is 117 Å². The van der Waals surface area contributed by atoms with Crippen LogP contribution in [0.1, 0.15) is 37.6 Å². The van der Waals surface area contributed by atoms with Gasteiger partial charge in [-0.2, -0.15) is 5.10 Å². The predicted molar refractivity (Wildman–Crippen MR) is 78.8 cm³/mol. The maximum absolute atomic E-state index is 12.1. The predicted octanol–water partition coefficient (Wildman–Crippen LogP) is 2.68. The molecule has 0 bridgehead atoms. The maximum Gasteiger partial charge on any atom is 0.296 e. The van der Waals surface area contributed by atoms with Gasteiger partial charge >= 0.3 is 0 Å². The van der Waals surface area contributed by atoms with Crippen molar-refractivity contribution in [1.82, 2.24) is 10.2 Å². The van der Waals surface area contributed by atoms with E-state index in [1.165, 1.54) is 5.56 Å². The molecule has 1 aromatic carbocycles. The van der Waals surface area contributed by atoms with Gasteiger partial charge in [0.1, 0.15) is 0 Å². The molecular formula is C16H17N3O. The van der Waals surface area contributed by atoms with Crippen LogP contribution in [-0.2, 0) is 6.42 Å². The van der Waals surface area contributed by atoms with E-state index in [2.05, 4.69) is 29.4 Å². The SMILES string of the molecule is CC(C)C1Cc2nnc(=O)c3cccc4c3c2C(C1)N4. The van der Waals surface area contributed by atoms with Crippen LogP contribution in [0.3, 0.4) is 0 Å². The summed E-state index contributed by atoms with van der Waals surface area (Å²) in [6.45, 7) is 4.51. The topological polar surface area (TPSA) is 54.9 Å². The van der Waals surface area contributed by atoms with Gasteiger partial charge in [0, 0.05) is 16.6 Å². The number of hydrogen-bond donors (Lipinski definition) is 1. The van der Waals surface area contributed by atoms with E-state index in [1.54, 1.807) is 0 Å². The summed E-state index contributed by atoms with van der Waals surface area (Å²) < 4.78 is 0. The minimum Gasteiger partial charge on any atom is -0.378 e. The molecule has 0 fully saturated rings. The molecule has 2 aromatic rings. The van der Waals surface area contributed by atoms with E-state index in [-0.39, 0.29) is 11.6 Å². The molecule has 1 aliphatic carbocycles. The summed E-state index contributed by atoms with van der Waals surface area (Å²) in [6.07, 6.45) is 2.03. The lowest BCUT2D eigenvalue weighted by atomic mass is 9.78. The van der Waals surface area contributed by atoms with Crippen LogP contribution >= 0.6 is 0 Å². The Morgan fingerprint density at radius 3 is 2.95 bits per heavy atom. The first-order valence-corrected chi connectivity index (χ1v) is 7.24. The molecule has 1 N–H and O–H groups in total. The molecule has 0 amide bonds. The largest absolute Gasteiger partial charge is 0.378 e. The number of nitrogens with one attached hydrogen (secondary N) is 1. The van der Waals surface area contributed by atoms with Gasteiger partial charge in [0.2, 0.25) is 0 Å². The molecule has 0 saturated carbocycles. The van der Waals surface area contributed by atoms with Crippen LogP contribution in [-0.4, -0.2) is 10.2 Å². The van der Waals surface area contributed by atoms with Crippen LogP contribution in [0.2, 0.25) is 0 Å². The van der Waals surface area contributed by atoms with E-state index in [4.69, 9.17) is 0 Å². The molecule has 1 aromatic heterocycles. The molecule has 2 unspecified atom stereocenters. The van der Waals surface area contributed by atoms with E-state index in [9.17, 15) is 4.79 Å². The molecule has 1 aliphatic heterocycles. The lowest BCUT2D eigenvalue weighted by Crippen LogP contribution is -2.25. The Balaban J connectivity index is 2.05. The van der Waals surface area contributed by atoms with E-state index in [0.717, 1.165) is 29.6 Å². The van der Waals surface area contributed by atoms with Crippen LogP contribution in [0.25, 0.3) is 10.8 Å². The average Bonchev–Trinajstić information content (AvgIpc) is 2.74. The summed E-state index contributed by atoms with van der Waals surface area (Å²) in [6, 6.07) is 6.10. The van der Waals surface area contributed by atoms with Crippen molar-refractivity contribution < 1.29 is 0 Å². The van der Waals surface area contributed by atoms with Crippen LogP contribution in [0.5, 0.6) is 0 Å². The Morgan fingerprint density at radius 1 is 1.30 bits per heavy atom. The fraction of sp³-hybridized carbons (Fsp3) is 0.438. The van der Waals surface area contributed by atoms with Gasteiger partial charge in [-0.25, -0.2) is 0 Å². The van der Waals surface area contributed by atoms with Gasteiger partial charge in [0.05, 0.1) is 17.1 Å². The summed E-state index contributed by atoms with van der Waals surface area (Å²) in [7, 11) is 0. The fourth-order valence-corrected chi connectivity index (χ4v) is 3.60. The highest BCUT2D eigenvalue weighted by atomic mass is 16.1. The number of benzene rings is 1. The van der Waals surface area contributed by atoms with Crippen LogP contribution in [0.4, 0.5) is 5.69 Å². The standard InChI is InChI=1S/C16H17N3O/c1-8(2)9-6-12-15-13(7-9)18-19-16(20)10-4-3-5-11(17-12)14(10)15/h3-5,8-9,12,17H,6-7H2,1-2H3. The third kappa shape index (κ3) is 1.51. The van der Waals surface area contributed by atoms with E-state index in [1.807, 2.05) is 18.2 Å². The number of rotatable bonds is 1. The zero-order valence-electron chi connectivity index (χ0n) is 11.7.